The summed E-state index contributed by atoms with van der Waals surface area (Å²) in [4.78, 5) is 25.1. The van der Waals surface area contributed by atoms with Crippen LogP contribution in [-0.2, 0) is 11.8 Å². The van der Waals surface area contributed by atoms with Gasteiger partial charge in [-0.2, -0.15) is 5.10 Å². The lowest BCUT2D eigenvalue weighted by molar-refractivity contribution is 0.0954. The second-order valence-corrected chi connectivity index (χ2v) is 9.37. The number of aryl methyl sites for hydroxylation is 1. The molecule has 0 bridgehead atoms. The second-order valence-electron chi connectivity index (χ2n) is 9.37. The molecule has 0 unspecified atom stereocenters. The number of carbonyl (C=O) groups excluding carboxylic acids is 2. The zero-order valence-electron chi connectivity index (χ0n) is 19.3. The van der Waals surface area contributed by atoms with Crippen LogP contribution in [0.25, 0.3) is 0 Å². The molecular formula is C28H29N3O2. The third-order valence-corrected chi connectivity index (χ3v) is 5.90. The summed E-state index contributed by atoms with van der Waals surface area (Å²) in [6.45, 7) is 6.42. The number of anilines is 1. The Morgan fingerprint density at radius 1 is 0.788 bits per heavy atom. The first kappa shape index (κ1) is 22.5. The predicted molar refractivity (Wildman–Crippen MR) is 133 cm³/mol. The normalized spacial score (nSPS) is 14.5. The third-order valence-electron chi connectivity index (χ3n) is 5.90. The molecule has 5 nitrogen and oxygen atoms in total. The molecule has 1 aliphatic carbocycles. The maximum atomic E-state index is 12.6. The summed E-state index contributed by atoms with van der Waals surface area (Å²) in [6.07, 6.45) is 2.91. The first-order chi connectivity index (χ1) is 15.8. The van der Waals surface area contributed by atoms with E-state index >= 15 is 0 Å². The molecule has 0 aliphatic heterocycles. The molecule has 0 aromatic heterocycles. The summed E-state index contributed by atoms with van der Waals surface area (Å²) in [5.41, 5.74) is 8.88. The molecule has 0 radical (unpaired) electrons. The summed E-state index contributed by atoms with van der Waals surface area (Å²) in [5, 5.41) is 7.26. The Morgan fingerprint density at radius 2 is 1.42 bits per heavy atom. The minimum atomic E-state index is -0.277. The van der Waals surface area contributed by atoms with Crippen LogP contribution in [0.2, 0.25) is 0 Å². The van der Waals surface area contributed by atoms with Crippen molar-refractivity contribution in [1.29, 1.82) is 0 Å². The first-order valence-corrected chi connectivity index (χ1v) is 11.3. The van der Waals surface area contributed by atoms with Gasteiger partial charge in [-0.1, -0.05) is 57.2 Å². The fourth-order valence-electron chi connectivity index (χ4n) is 3.93. The van der Waals surface area contributed by atoms with Gasteiger partial charge in [-0.05, 0) is 72.2 Å². The molecule has 3 aromatic rings. The van der Waals surface area contributed by atoms with E-state index in [2.05, 4.69) is 42.7 Å². The second kappa shape index (κ2) is 9.41. The van der Waals surface area contributed by atoms with Crippen molar-refractivity contribution in [3.63, 3.8) is 0 Å². The number of nitrogens with one attached hydrogen (secondary N) is 2. The highest BCUT2D eigenvalue weighted by Crippen LogP contribution is 2.23. The van der Waals surface area contributed by atoms with Gasteiger partial charge in [0.25, 0.3) is 11.8 Å². The topological polar surface area (TPSA) is 70.6 Å². The van der Waals surface area contributed by atoms with E-state index in [0.717, 1.165) is 30.5 Å². The van der Waals surface area contributed by atoms with E-state index in [4.69, 9.17) is 0 Å². The average Bonchev–Trinajstić information content (AvgIpc) is 2.82. The molecule has 0 fully saturated rings. The van der Waals surface area contributed by atoms with Gasteiger partial charge in [0.2, 0.25) is 0 Å². The van der Waals surface area contributed by atoms with Crippen LogP contribution in [0.4, 0.5) is 5.69 Å². The quantitative estimate of drug-likeness (QED) is 0.512. The maximum Gasteiger partial charge on any atom is 0.271 e. The largest absolute Gasteiger partial charge is 0.322 e. The summed E-state index contributed by atoms with van der Waals surface area (Å²) < 4.78 is 0. The summed E-state index contributed by atoms with van der Waals surface area (Å²) >= 11 is 0. The van der Waals surface area contributed by atoms with Crippen LogP contribution in [0.1, 0.15) is 71.0 Å². The Bertz CT molecular complexity index is 1190. The molecule has 0 atom stereocenters. The van der Waals surface area contributed by atoms with Crippen LogP contribution in [0.15, 0.2) is 77.9 Å². The van der Waals surface area contributed by atoms with E-state index in [-0.39, 0.29) is 17.2 Å². The van der Waals surface area contributed by atoms with Gasteiger partial charge < -0.3 is 5.32 Å². The van der Waals surface area contributed by atoms with Gasteiger partial charge in [-0.3, -0.25) is 9.59 Å². The highest BCUT2D eigenvalue weighted by Gasteiger charge is 2.16. The van der Waals surface area contributed by atoms with Gasteiger partial charge in [0.1, 0.15) is 0 Å². The zero-order chi connectivity index (χ0) is 23.4. The lowest BCUT2D eigenvalue weighted by Crippen LogP contribution is -2.22. The highest BCUT2D eigenvalue weighted by atomic mass is 16.2. The van der Waals surface area contributed by atoms with Crippen molar-refractivity contribution in [3.8, 4) is 0 Å². The van der Waals surface area contributed by atoms with Crippen LogP contribution in [0.3, 0.4) is 0 Å². The van der Waals surface area contributed by atoms with E-state index in [9.17, 15) is 9.59 Å². The molecule has 2 N–H and O–H groups in total. The maximum absolute atomic E-state index is 12.6. The molecule has 4 rings (SSSR count). The molecule has 1 aliphatic rings. The molecule has 168 valence electrons. The van der Waals surface area contributed by atoms with E-state index in [1.165, 1.54) is 11.1 Å². The van der Waals surface area contributed by atoms with Crippen molar-refractivity contribution in [2.45, 2.75) is 45.4 Å². The van der Waals surface area contributed by atoms with Gasteiger partial charge in [-0.15, -0.1) is 0 Å². The van der Waals surface area contributed by atoms with Crippen LogP contribution in [0, 0.1) is 0 Å². The molecule has 33 heavy (non-hydrogen) atoms. The minimum Gasteiger partial charge on any atom is -0.322 e. The smallest absolute Gasteiger partial charge is 0.271 e. The molecular weight excluding hydrogens is 410 g/mol. The van der Waals surface area contributed by atoms with E-state index < -0.39 is 0 Å². The Labute approximate surface area is 194 Å². The molecule has 3 aromatic carbocycles. The summed E-state index contributed by atoms with van der Waals surface area (Å²) in [6, 6.07) is 22.6. The van der Waals surface area contributed by atoms with Gasteiger partial charge in [0, 0.05) is 22.4 Å². The summed E-state index contributed by atoms with van der Waals surface area (Å²) in [5.74, 6) is -0.462. The Kier molecular flexibility index (Phi) is 6.40. The SMILES string of the molecule is CC(C)(C)c1ccc(C(=O)Nc2ccc(C(=O)NN=C3CCCc4ccccc43)cc2)cc1. The minimum absolute atomic E-state index is 0.0383. The standard InChI is InChI=1S/C28H29N3O2/c1-28(2,3)22-15-11-20(12-16-22)26(32)29-23-17-13-21(14-18-23)27(33)31-30-25-10-6-8-19-7-4-5-9-24(19)25/h4-5,7,9,11-18H,6,8,10H2,1-3H3,(H,29,32)(H,31,33). The van der Waals surface area contributed by atoms with E-state index in [0.29, 0.717) is 16.8 Å². The highest BCUT2D eigenvalue weighted by molar-refractivity contribution is 6.05. The van der Waals surface area contributed by atoms with E-state index in [1.54, 1.807) is 24.3 Å². The van der Waals surface area contributed by atoms with Gasteiger partial charge >= 0.3 is 0 Å². The fraction of sp³-hybridized carbons (Fsp3) is 0.250. The number of hydrogen-bond donors (Lipinski definition) is 2. The van der Waals surface area contributed by atoms with Crippen molar-refractivity contribution in [3.05, 3.63) is 101 Å². The first-order valence-electron chi connectivity index (χ1n) is 11.3. The van der Waals surface area contributed by atoms with Crippen molar-refractivity contribution in [1.82, 2.24) is 5.43 Å². The molecule has 0 saturated heterocycles. The van der Waals surface area contributed by atoms with Gasteiger partial charge in [0.15, 0.2) is 0 Å². The van der Waals surface area contributed by atoms with Crippen LogP contribution < -0.4 is 10.7 Å². The number of amides is 2. The lowest BCUT2D eigenvalue weighted by atomic mass is 9.87. The van der Waals surface area contributed by atoms with Crippen LogP contribution >= 0.6 is 0 Å². The average molecular weight is 440 g/mol. The Hall–Kier alpha value is -3.73. The number of benzene rings is 3. The van der Waals surface area contributed by atoms with Crippen molar-refractivity contribution in [2.75, 3.05) is 5.32 Å². The van der Waals surface area contributed by atoms with Crippen molar-refractivity contribution >= 4 is 23.2 Å². The Morgan fingerprint density at radius 3 is 2.12 bits per heavy atom. The zero-order valence-corrected chi connectivity index (χ0v) is 19.3. The number of rotatable bonds is 4. The summed E-state index contributed by atoms with van der Waals surface area (Å²) in [7, 11) is 0. The molecule has 0 spiro atoms. The van der Waals surface area contributed by atoms with Crippen LogP contribution in [-0.4, -0.2) is 17.5 Å². The number of hydrazone groups is 1. The van der Waals surface area contributed by atoms with Gasteiger partial charge in [-0.25, -0.2) is 5.43 Å². The Balaban J connectivity index is 1.38. The molecule has 2 amide bonds. The number of carbonyl (C=O) groups is 2. The van der Waals surface area contributed by atoms with Crippen molar-refractivity contribution in [2.24, 2.45) is 5.10 Å². The van der Waals surface area contributed by atoms with Crippen molar-refractivity contribution < 1.29 is 9.59 Å². The van der Waals surface area contributed by atoms with Gasteiger partial charge in [0.05, 0.1) is 5.71 Å². The number of hydrogen-bond acceptors (Lipinski definition) is 3. The molecule has 0 saturated carbocycles. The third kappa shape index (κ3) is 5.37. The molecule has 5 heteroatoms. The molecule has 0 heterocycles. The predicted octanol–water partition coefficient (Wildman–Crippen LogP) is 5.71. The van der Waals surface area contributed by atoms with E-state index in [1.807, 2.05) is 42.5 Å². The number of nitrogens with zero attached hydrogens (tertiary/aromatic N) is 1. The number of fused-ring (bicyclic) bond motifs is 1. The fourth-order valence-corrected chi connectivity index (χ4v) is 3.93. The monoisotopic (exact) mass is 439 g/mol. The van der Waals surface area contributed by atoms with Crippen LogP contribution in [0.5, 0.6) is 0 Å². The lowest BCUT2D eigenvalue weighted by Gasteiger charge is -2.19.